The largest absolute Gasteiger partial charge is 0.371 e. The lowest BCUT2D eigenvalue weighted by atomic mass is 10.0. The van der Waals surface area contributed by atoms with Gasteiger partial charge in [0.15, 0.2) is 0 Å². The van der Waals surface area contributed by atoms with E-state index in [2.05, 4.69) is 78.3 Å². The highest BCUT2D eigenvalue weighted by Crippen LogP contribution is 2.28. The smallest absolute Gasteiger partial charge is 0.214 e. The van der Waals surface area contributed by atoms with Crippen molar-refractivity contribution in [1.29, 1.82) is 0 Å². The third kappa shape index (κ3) is 7.13. The zero-order valence-corrected chi connectivity index (χ0v) is 23.7. The van der Waals surface area contributed by atoms with E-state index in [0.29, 0.717) is 13.2 Å². The van der Waals surface area contributed by atoms with Gasteiger partial charge < -0.3 is 14.5 Å². The van der Waals surface area contributed by atoms with Crippen LogP contribution in [-0.2, 0) is 16.1 Å². The summed E-state index contributed by atoms with van der Waals surface area (Å²) in [5, 5.41) is 1.07. The van der Waals surface area contributed by atoms with Gasteiger partial charge in [0.1, 0.15) is 5.82 Å². The molecule has 5 nitrogen and oxygen atoms in total. The number of ether oxygens (including phenoxy) is 1. The predicted octanol–water partition coefficient (Wildman–Crippen LogP) is 7.54. The molecule has 5 heteroatoms. The molecule has 4 aromatic rings. The fourth-order valence-corrected chi connectivity index (χ4v) is 4.65. The van der Waals surface area contributed by atoms with E-state index in [0.717, 1.165) is 63.1 Å². The average molecular weight is 532 g/mol. The Morgan fingerprint density at radius 2 is 1.62 bits per heavy atom. The van der Waals surface area contributed by atoms with E-state index < -0.39 is 0 Å². The van der Waals surface area contributed by atoms with Crippen LogP contribution in [0.1, 0.15) is 37.0 Å². The van der Waals surface area contributed by atoms with Gasteiger partial charge in [0.2, 0.25) is 6.41 Å². The minimum absolute atomic E-state index is 0.366. The molecule has 0 N–H and O–H groups in total. The van der Waals surface area contributed by atoms with Crippen LogP contribution in [0.25, 0.3) is 22.0 Å². The Bertz CT molecular complexity index is 1510. The van der Waals surface area contributed by atoms with Crippen LogP contribution in [0.3, 0.4) is 0 Å². The van der Waals surface area contributed by atoms with Crippen LogP contribution < -0.4 is 0 Å². The second-order valence-electron chi connectivity index (χ2n) is 9.67. The molecule has 1 amide bonds. The molecule has 40 heavy (non-hydrogen) atoms. The lowest BCUT2D eigenvalue weighted by Crippen LogP contribution is -2.31. The van der Waals surface area contributed by atoms with Crippen LogP contribution >= 0.6 is 0 Å². The van der Waals surface area contributed by atoms with Crippen molar-refractivity contribution < 1.29 is 9.53 Å². The summed E-state index contributed by atoms with van der Waals surface area (Å²) in [4.78, 5) is 20.3. The SMILES string of the molecule is CC/C=C(/C=C(\N(C)C=O)N(C)/C(COCc1ccccc1)=C(\C)c1ccc2ncccc2c1)c1ccccc1. The van der Waals surface area contributed by atoms with Gasteiger partial charge in [-0.1, -0.05) is 85.8 Å². The molecule has 3 aromatic carbocycles. The number of pyridine rings is 1. The van der Waals surface area contributed by atoms with Crippen molar-refractivity contribution in [3.8, 4) is 0 Å². The number of rotatable bonds is 12. The number of likely N-dealkylation sites (N-methyl/N-ethyl adjacent to an activating group) is 1. The van der Waals surface area contributed by atoms with Gasteiger partial charge >= 0.3 is 0 Å². The van der Waals surface area contributed by atoms with Gasteiger partial charge in [-0.15, -0.1) is 0 Å². The first-order chi connectivity index (χ1) is 19.5. The summed E-state index contributed by atoms with van der Waals surface area (Å²) in [7, 11) is 3.77. The van der Waals surface area contributed by atoms with Crippen LogP contribution in [0.4, 0.5) is 0 Å². The first kappa shape index (κ1) is 28.5. The molecule has 0 saturated heterocycles. The molecule has 0 fully saturated rings. The zero-order chi connectivity index (χ0) is 28.3. The maximum atomic E-state index is 12.1. The second kappa shape index (κ2) is 14.1. The fraction of sp³-hybridized carbons (Fsp3) is 0.200. The quantitative estimate of drug-likeness (QED) is 0.140. The van der Waals surface area contributed by atoms with Crippen LogP contribution in [0.15, 0.2) is 121 Å². The van der Waals surface area contributed by atoms with Crippen molar-refractivity contribution in [2.24, 2.45) is 0 Å². The highest BCUT2D eigenvalue weighted by molar-refractivity contribution is 5.83. The zero-order valence-electron chi connectivity index (χ0n) is 23.7. The highest BCUT2D eigenvalue weighted by atomic mass is 16.5. The van der Waals surface area contributed by atoms with Crippen LogP contribution in [0, 0.1) is 0 Å². The average Bonchev–Trinajstić information content (AvgIpc) is 3.01. The summed E-state index contributed by atoms with van der Waals surface area (Å²) < 4.78 is 6.27. The molecule has 0 atom stereocenters. The van der Waals surface area contributed by atoms with Gasteiger partial charge in [0.25, 0.3) is 0 Å². The fourth-order valence-electron chi connectivity index (χ4n) is 4.65. The Kier molecular flexibility index (Phi) is 10.0. The minimum atomic E-state index is 0.366. The standard InChI is InChI=1S/C35H37N3O2/c1-5-13-31(29-16-10-7-11-17-29)23-35(37(3)26-39)38(4)34(25-40-24-28-14-8-6-9-15-28)27(2)30-19-20-33-32(22-30)18-12-21-36-33/h6-23,26H,5,24-25H2,1-4H3/b31-13-,34-27+,35-23+. The van der Waals surface area contributed by atoms with Crippen molar-refractivity contribution in [2.45, 2.75) is 26.9 Å². The first-order valence-electron chi connectivity index (χ1n) is 13.6. The topological polar surface area (TPSA) is 45.7 Å². The Morgan fingerprint density at radius 1 is 0.900 bits per heavy atom. The number of allylic oxidation sites excluding steroid dienone is 4. The summed E-state index contributed by atoms with van der Waals surface area (Å²) in [6.07, 6.45) is 7.77. The van der Waals surface area contributed by atoms with Crippen molar-refractivity contribution in [3.63, 3.8) is 0 Å². The summed E-state index contributed by atoms with van der Waals surface area (Å²) in [5.41, 5.74) is 7.31. The number of carbonyl (C=O) groups excluding carboxylic acids is 1. The number of aromatic nitrogens is 1. The van der Waals surface area contributed by atoms with Gasteiger partial charge in [-0.25, -0.2) is 0 Å². The van der Waals surface area contributed by atoms with Gasteiger partial charge in [0, 0.05) is 31.4 Å². The van der Waals surface area contributed by atoms with E-state index in [1.165, 1.54) is 0 Å². The number of fused-ring (bicyclic) bond motifs is 1. The number of hydrogen-bond acceptors (Lipinski definition) is 4. The Hall–Kier alpha value is -4.48. The van der Waals surface area contributed by atoms with Crippen molar-refractivity contribution in [1.82, 2.24) is 14.8 Å². The van der Waals surface area contributed by atoms with E-state index in [4.69, 9.17) is 4.74 Å². The molecular formula is C35H37N3O2. The van der Waals surface area contributed by atoms with Crippen molar-refractivity contribution >= 4 is 28.5 Å². The van der Waals surface area contributed by atoms with Crippen LogP contribution in [0.5, 0.6) is 0 Å². The molecule has 1 aromatic heterocycles. The summed E-state index contributed by atoms with van der Waals surface area (Å²) in [5.74, 6) is 0.749. The molecule has 0 aliphatic heterocycles. The second-order valence-corrected chi connectivity index (χ2v) is 9.67. The van der Waals surface area contributed by atoms with Gasteiger partial charge in [-0.3, -0.25) is 9.78 Å². The van der Waals surface area contributed by atoms with E-state index in [1.54, 1.807) is 11.9 Å². The van der Waals surface area contributed by atoms with E-state index in [-0.39, 0.29) is 0 Å². The molecular weight excluding hydrogens is 494 g/mol. The molecule has 1 heterocycles. The molecule has 0 radical (unpaired) electrons. The maximum absolute atomic E-state index is 12.1. The highest BCUT2D eigenvalue weighted by Gasteiger charge is 2.19. The molecule has 204 valence electrons. The molecule has 0 aliphatic rings. The van der Waals surface area contributed by atoms with Gasteiger partial charge in [0.05, 0.1) is 18.7 Å². The molecule has 0 unspecified atom stereocenters. The monoisotopic (exact) mass is 531 g/mol. The van der Waals surface area contributed by atoms with Crippen molar-refractivity contribution in [3.05, 3.63) is 138 Å². The van der Waals surface area contributed by atoms with Crippen molar-refractivity contribution in [2.75, 3.05) is 20.7 Å². The number of nitrogens with zero attached hydrogens (tertiary/aromatic N) is 3. The lowest BCUT2D eigenvalue weighted by Gasteiger charge is -2.31. The molecule has 0 saturated carbocycles. The summed E-state index contributed by atoms with van der Waals surface area (Å²) in [6.45, 7) is 5.07. The Balaban J connectivity index is 1.78. The Labute approximate surface area is 237 Å². The minimum Gasteiger partial charge on any atom is -0.371 e. The van der Waals surface area contributed by atoms with E-state index in [9.17, 15) is 4.79 Å². The predicted molar refractivity (Wildman–Crippen MR) is 165 cm³/mol. The third-order valence-electron chi connectivity index (χ3n) is 6.90. The molecule has 0 aliphatic carbocycles. The van der Waals surface area contributed by atoms with Gasteiger partial charge in [-0.05, 0) is 65.5 Å². The Morgan fingerprint density at radius 3 is 2.33 bits per heavy atom. The first-order valence-corrected chi connectivity index (χ1v) is 13.6. The normalized spacial score (nSPS) is 12.7. The van der Waals surface area contributed by atoms with E-state index >= 15 is 0 Å². The third-order valence-corrected chi connectivity index (χ3v) is 6.90. The number of hydrogen-bond donors (Lipinski definition) is 0. The number of benzene rings is 3. The lowest BCUT2D eigenvalue weighted by molar-refractivity contribution is -0.116. The maximum Gasteiger partial charge on any atom is 0.214 e. The van der Waals surface area contributed by atoms with E-state index in [1.807, 2.05) is 61.8 Å². The number of carbonyl (C=O) groups is 1. The number of amides is 1. The summed E-state index contributed by atoms with van der Waals surface area (Å²) in [6, 6.07) is 30.7. The molecule has 0 bridgehead atoms. The molecule has 4 rings (SSSR count). The van der Waals surface area contributed by atoms with Crippen LogP contribution in [0.2, 0.25) is 0 Å². The van der Waals surface area contributed by atoms with Gasteiger partial charge in [-0.2, -0.15) is 0 Å². The molecule has 0 spiro atoms. The summed E-state index contributed by atoms with van der Waals surface area (Å²) >= 11 is 0. The van der Waals surface area contributed by atoms with Crippen LogP contribution in [-0.4, -0.2) is 41.9 Å².